The SMILES string of the molecule is c1ccc(-c2ccc(-c3c(-c4ccc(N(c5ccc(-c6ccccc6)cc5)c5ccc(-c6ccccc6)cc5)cc4)c4c5ccccc5sc4c4ccccc34)cc2)cc1. The van der Waals surface area contributed by atoms with Crippen molar-refractivity contribution in [1.82, 2.24) is 0 Å². The monoisotopic (exact) mass is 781 g/mol. The maximum Gasteiger partial charge on any atom is 0.0462 e. The van der Waals surface area contributed by atoms with Crippen molar-refractivity contribution in [3.05, 3.63) is 237 Å². The Hall–Kier alpha value is -7.52. The number of fused-ring (bicyclic) bond motifs is 5. The van der Waals surface area contributed by atoms with Crippen molar-refractivity contribution >= 4 is 59.3 Å². The number of hydrogen-bond acceptors (Lipinski definition) is 2. The van der Waals surface area contributed by atoms with Gasteiger partial charge in [0.1, 0.15) is 0 Å². The number of nitrogens with zero attached hydrogens (tertiary/aromatic N) is 1. The first-order valence-electron chi connectivity index (χ1n) is 20.5. The Balaban J connectivity index is 1.08. The molecule has 1 heterocycles. The lowest BCUT2D eigenvalue weighted by molar-refractivity contribution is 1.28. The van der Waals surface area contributed by atoms with Crippen molar-refractivity contribution in [3.63, 3.8) is 0 Å². The van der Waals surface area contributed by atoms with Gasteiger partial charge in [-0.15, -0.1) is 11.3 Å². The molecule has 1 aromatic heterocycles. The van der Waals surface area contributed by atoms with Crippen LogP contribution in [0.2, 0.25) is 0 Å². The van der Waals surface area contributed by atoms with E-state index in [9.17, 15) is 0 Å². The van der Waals surface area contributed by atoms with Crippen molar-refractivity contribution in [3.8, 4) is 55.6 Å². The summed E-state index contributed by atoms with van der Waals surface area (Å²) >= 11 is 1.90. The van der Waals surface area contributed by atoms with Crippen LogP contribution < -0.4 is 4.90 Å². The Morgan fingerprint density at radius 3 is 1.07 bits per heavy atom. The fourth-order valence-corrected chi connectivity index (χ4v) is 10.0. The van der Waals surface area contributed by atoms with Gasteiger partial charge in [-0.05, 0) is 103 Å². The highest BCUT2D eigenvalue weighted by atomic mass is 32.1. The maximum atomic E-state index is 2.37. The van der Waals surface area contributed by atoms with Crippen LogP contribution in [0.25, 0.3) is 86.6 Å². The molecular weight excluding hydrogens is 743 g/mol. The highest BCUT2D eigenvalue weighted by molar-refractivity contribution is 7.26. The molecule has 0 radical (unpaired) electrons. The Kier molecular flexibility index (Phi) is 9.11. The summed E-state index contributed by atoms with van der Waals surface area (Å²) in [6, 6.07) is 86.0. The first-order valence-corrected chi connectivity index (χ1v) is 21.3. The first-order chi connectivity index (χ1) is 29.8. The molecule has 0 aliphatic heterocycles. The summed E-state index contributed by atoms with van der Waals surface area (Å²) in [4.78, 5) is 2.37. The van der Waals surface area contributed by atoms with Crippen LogP contribution in [-0.2, 0) is 0 Å². The van der Waals surface area contributed by atoms with Crippen molar-refractivity contribution in [2.24, 2.45) is 0 Å². The normalized spacial score (nSPS) is 11.3. The lowest BCUT2D eigenvalue weighted by atomic mass is 9.86. The Labute approximate surface area is 354 Å². The molecule has 11 aromatic rings. The van der Waals surface area contributed by atoms with Gasteiger partial charge < -0.3 is 4.90 Å². The van der Waals surface area contributed by atoms with Gasteiger partial charge in [0.05, 0.1) is 0 Å². The molecule has 0 aliphatic rings. The van der Waals surface area contributed by atoms with Gasteiger partial charge in [-0.3, -0.25) is 0 Å². The molecule has 0 saturated carbocycles. The zero-order valence-electron chi connectivity index (χ0n) is 32.9. The van der Waals surface area contributed by atoms with Gasteiger partial charge in [0.25, 0.3) is 0 Å². The molecular formula is C58H39NS. The second-order valence-corrected chi connectivity index (χ2v) is 16.3. The number of rotatable bonds is 8. The van der Waals surface area contributed by atoms with Crippen molar-refractivity contribution < 1.29 is 0 Å². The van der Waals surface area contributed by atoms with E-state index in [1.54, 1.807) is 0 Å². The van der Waals surface area contributed by atoms with Crippen molar-refractivity contribution in [2.75, 3.05) is 4.90 Å². The van der Waals surface area contributed by atoms with Crippen LogP contribution >= 0.6 is 11.3 Å². The smallest absolute Gasteiger partial charge is 0.0462 e. The standard InChI is InChI=1S/C58H39NS/c1-4-14-40(15-5-1)43-24-26-46(27-25-43)55-51-20-10-11-21-52(51)58-57(53-22-12-13-23-54(53)60-58)56(55)47-32-38-50(39-33-47)59(48-34-28-44(29-35-48)41-16-6-2-7-17-41)49-36-30-45(31-37-49)42-18-8-3-9-19-42/h1-39H. The van der Waals surface area contributed by atoms with E-state index in [0.717, 1.165) is 17.1 Å². The van der Waals surface area contributed by atoms with E-state index < -0.39 is 0 Å². The summed E-state index contributed by atoms with van der Waals surface area (Å²) in [5.74, 6) is 0. The second kappa shape index (κ2) is 15.3. The predicted molar refractivity (Wildman–Crippen MR) is 259 cm³/mol. The Bertz CT molecular complexity index is 3160. The zero-order chi connectivity index (χ0) is 39.8. The van der Waals surface area contributed by atoms with E-state index in [1.807, 2.05) is 11.3 Å². The molecule has 11 rings (SSSR count). The third-order valence-corrected chi connectivity index (χ3v) is 12.9. The highest BCUT2D eigenvalue weighted by Crippen LogP contribution is 2.50. The molecule has 0 unspecified atom stereocenters. The molecule has 0 N–H and O–H groups in total. The van der Waals surface area contributed by atoms with Crippen LogP contribution in [0, 0.1) is 0 Å². The molecule has 0 amide bonds. The van der Waals surface area contributed by atoms with Crippen molar-refractivity contribution in [1.29, 1.82) is 0 Å². The molecule has 0 saturated heterocycles. The third kappa shape index (κ3) is 6.44. The van der Waals surface area contributed by atoms with Gasteiger partial charge in [0, 0.05) is 42.6 Å². The number of hydrogen-bond donors (Lipinski definition) is 0. The minimum Gasteiger partial charge on any atom is -0.311 e. The topological polar surface area (TPSA) is 3.24 Å². The van der Waals surface area contributed by atoms with Gasteiger partial charge >= 0.3 is 0 Å². The second-order valence-electron chi connectivity index (χ2n) is 15.2. The maximum absolute atomic E-state index is 2.37. The fourth-order valence-electron chi connectivity index (χ4n) is 8.78. The van der Waals surface area contributed by atoms with E-state index in [4.69, 9.17) is 0 Å². The molecule has 0 fully saturated rings. The fraction of sp³-hybridized carbons (Fsp3) is 0. The third-order valence-electron chi connectivity index (χ3n) is 11.7. The van der Waals surface area contributed by atoms with E-state index >= 15 is 0 Å². The predicted octanol–water partition coefficient (Wildman–Crippen LogP) is 17.0. The van der Waals surface area contributed by atoms with Crippen LogP contribution in [0.1, 0.15) is 0 Å². The Morgan fingerprint density at radius 1 is 0.250 bits per heavy atom. The largest absolute Gasteiger partial charge is 0.311 e. The highest BCUT2D eigenvalue weighted by Gasteiger charge is 2.22. The molecule has 0 atom stereocenters. The first kappa shape index (κ1) is 35.6. The number of benzene rings is 10. The minimum absolute atomic E-state index is 1.10. The quantitative estimate of drug-likeness (QED) is 0.148. The molecule has 1 nitrogen and oxygen atoms in total. The molecule has 10 aromatic carbocycles. The lowest BCUT2D eigenvalue weighted by Crippen LogP contribution is -2.09. The van der Waals surface area contributed by atoms with Crippen molar-refractivity contribution in [2.45, 2.75) is 0 Å². The summed E-state index contributed by atoms with van der Waals surface area (Å²) in [7, 11) is 0. The van der Waals surface area contributed by atoms with Crippen LogP contribution in [-0.4, -0.2) is 0 Å². The summed E-state index contributed by atoms with van der Waals surface area (Å²) in [6.45, 7) is 0. The molecule has 60 heavy (non-hydrogen) atoms. The summed E-state index contributed by atoms with van der Waals surface area (Å²) < 4.78 is 2.63. The van der Waals surface area contributed by atoms with Crippen LogP contribution in [0.15, 0.2) is 237 Å². The van der Waals surface area contributed by atoms with Crippen LogP contribution in [0.3, 0.4) is 0 Å². The zero-order valence-corrected chi connectivity index (χ0v) is 33.7. The van der Waals surface area contributed by atoms with E-state index in [1.165, 1.54) is 86.6 Å². The molecule has 0 aliphatic carbocycles. The molecule has 0 bridgehead atoms. The van der Waals surface area contributed by atoms with Gasteiger partial charge in [-0.1, -0.05) is 194 Å². The number of anilines is 3. The molecule has 282 valence electrons. The van der Waals surface area contributed by atoms with Gasteiger partial charge in [-0.25, -0.2) is 0 Å². The van der Waals surface area contributed by atoms with E-state index in [0.29, 0.717) is 0 Å². The molecule has 0 spiro atoms. The van der Waals surface area contributed by atoms with Gasteiger partial charge in [0.2, 0.25) is 0 Å². The van der Waals surface area contributed by atoms with E-state index in [-0.39, 0.29) is 0 Å². The summed E-state index contributed by atoms with van der Waals surface area (Å²) in [5, 5.41) is 5.17. The molecule has 2 heteroatoms. The van der Waals surface area contributed by atoms with Gasteiger partial charge in [-0.2, -0.15) is 0 Å². The minimum atomic E-state index is 1.10. The van der Waals surface area contributed by atoms with Gasteiger partial charge in [0.15, 0.2) is 0 Å². The average Bonchev–Trinajstić information content (AvgIpc) is 3.73. The average molecular weight is 782 g/mol. The van der Waals surface area contributed by atoms with Crippen LogP contribution in [0.5, 0.6) is 0 Å². The Morgan fingerprint density at radius 2 is 0.583 bits per heavy atom. The van der Waals surface area contributed by atoms with E-state index in [2.05, 4.69) is 241 Å². The lowest BCUT2D eigenvalue weighted by Gasteiger charge is -2.26. The number of thiophene rings is 1. The van der Waals surface area contributed by atoms with Crippen LogP contribution in [0.4, 0.5) is 17.1 Å². The summed E-state index contributed by atoms with van der Waals surface area (Å²) in [6.07, 6.45) is 0. The summed E-state index contributed by atoms with van der Waals surface area (Å²) in [5.41, 5.74) is 15.5.